The van der Waals surface area contributed by atoms with Gasteiger partial charge in [0.25, 0.3) is 0 Å². The van der Waals surface area contributed by atoms with Crippen molar-refractivity contribution in [3.05, 3.63) is 0 Å². The van der Waals surface area contributed by atoms with Gasteiger partial charge in [-0.2, -0.15) is 0 Å². The fourth-order valence-corrected chi connectivity index (χ4v) is 1.99. The second-order valence-electron chi connectivity index (χ2n) is 7.57. The standard InChI is InChI=1S/C22H32O15/c1-11(10-23)33-19(27)14(4)35-20(28)15(5)36-21(29)16(6)37-22(30)32-9-7-8-31-18(26)13(3)34-17(25)12(2)24/h10-16,24H,7-9H2,1-6H3. The number of carbonyl (C=O) groups excluding carboxylic acids is 7. The molecule has 0 aliphatic carbocycles. The fourth-order valence-electron chi connectivity index (χ4n) is 1.99. The van der Waals surface area contributed by atoms with Crippen LogP contribution >= 0.6 is 0 Å². The van der Waals surface area contributed by atoms with Crippen molar-refractivity contribution in [2.45, 2.75) is 84.6 Å². The van der Waals surface area contributed by atoms with Crippen molar-refractivity contribution in [1.29, 1.82) is 0 Å². The third kappa shape index (κ3) is 13.8. The summed E-state index contributed by atoms with van der Waals surface area (Å²) >= 11 is 0. The quantitative estimate of drug-likeness (QED) is 0.124. The molecule has 0 spiro atoms. The maximum atomic E-state index is 12.0. The maximum absolute atomic E-state index is 12.0. The van der Waals surface area contributed by atoms with Gasteiger partial charge in [0.15, 0.2) is 36.8 Å². The molecule has 0 rings (SSSR count). The summed E-state index contributed by atoms with van der Waals surface area (Å²) in [6, 6.07) is 0. The minimum absolute atomic E-state index is 0.0475. The Morgan fingerprint density at radius 3 is 1.49 bits per heavy atom. The van der Waals surface area contributed by atoms with E-state index in [2.05, 4.69) is 9.47 Å². The van der Waals surface area contributed by atoms with Crippen LogP contribution < -0.4 is 0 Å². The van der Waals surface area contributed by atoms with Gasteiger partial charge in [-0.25, -0.2) is 28.8 Å². The second kappa shape index (κ2) is 16.8. The molecular formula is C22H32O15. The lowest BCUT2D eigenvalue weighted by molar-refractivity contribution is -0.180. The molecule has 0 aromatic rings. The molecule has 6 atom stereocenters. The lowest BCUT2D eigenvalue weighted by Crippen LogP contribution is -2.36. The Kier molecular flexibility index (Phi) is 15.1. The molecule has 1 N–H and O–H groups in total. The number of aliphatic hydroxyl groups excluding tert-OH is 1. The van der Waals surface area contributed by atoms with E-state index in [4.69, 9.17) is 28.8 Å². The van der Waals surface area contributed by atoms with Gasteiger partial charge in [0.1, 0.15) is 6.10 Å². The van der Waals surface area contributed by atoms with Gasteiger partial charge in [-0.05, 0) is 41.5 Å². The number of aldehydes is 1. The first-order chi connectivity index (χ1) is 17.2. The zero-order valence-electron chi connectivity index (χ0n) is 21.3. The Bertz CT molecular complexity index is 821. The van der Waals surface area contributed by atoms with E-state index in [9.17, 15) is 33.6 Å². The third-order valence-corrected chi connectivity index (χ3v) is 4.07. The molecule has 15 heteroatoms. The molecule has 0 aromatic heterocycles. The van der Waals surface area contributed by atoms with Crippen LogP contribution in [0.3, 0.4) is 0 Å². The van der Waals surface area contributed by atoms with Crippen molar-refractivity contribution >= 4 is 42.3 Å². The highest BCUT2D eigenvalue weighted by molar-refractivity contribution is 5.84. The first kappa shape index (κ1) is 33.2. The predicted molar refractivity (Wildman–Crippen MR) is 117 cm³/mol. The Balaban J connectivity index is 4.29. The monoisotopic (exact) mass is 536 g/mol. The van der Waals surface area contributed by atoms with Crippen LogP contribution in [0.5, 0.6) is 0 Å². The van der Waals surface area contributed by atoms with Crippen molar-refractivity contribution in [1.82, 2.24) is 0 Å². The van der Waals surface area contributed by atoms with Crippen molar-refractivity contribution in [3.8, 4) is 0 Å². The Morgan fingerprint density at radius 2 is 1.00 bits per heavy atom. The zero-order chi connectivity index (χ0) is 28.7. The Morgan fingerprint density at radius 1 is 0.595 bits per heavy atom. The van der Waals surface area contributed by atoms with Gasteiger partial charge in [0.2, 0.25) is 0 Å². The van der Waals surface area contributed by atoms with Gasteiger partial charge < -0.3 is 38.3 Å². The Labute approximate surface area is 212 Å². The van der Waals surface area contributed by atoms with E-state index >= 15 is 0 Å². The highest BCUT2D eigenvalue weighted by atomic mass is 16.7. The van der Waals surface area contributed by atoms with Crippen LogP contribution in [0.15, 0.2) is 0 Å². The molecule has 15 nitrogen and oxygen atoms in total. The summed E-state index contributed by atoms with van der Waals surface area (Å²) in [6.07, 6.45) is -8.81. The van der Waals surface area contributed by atoms with Crippen LogP contribution in [0.25, 0.3) is 0 Å². The normalized spacial score (nSPS) is 15.3. The van der Waals surface area contributed by atoms with Crippen molar-refractivity contribution in [2.24, 2.45) is 0 Å². The summed E-state index contributed by atoms with van der Waals surface area (Å²) in [7, 11) is 0. The molecule has 210 valence electrons. The van der Waals surface area contributed by atoms with E-state index < -0.39 is 72.6 Å². The molecule has 0 bridgehead atoms. The van der Waals surface area contributed by atoms with Gasteiger partial charge in [-0.1, -0.05) is 0 Å². The number of hydrogen-bond acceptors (Lipinski definition) is 15. The summed E-state index contributed by atoms with van der Waals surface area (Å²) < 4.78 is 33.2. The summed E-state index contributed by atoms with van der Waals surface area (Å²) in [5.74, 6) is -5.04. The van der Waals surface area contributed by atoms with E-state index in [-0.39, 0.29) is 19.6 Å². The number of esters is 5. The molecule has 0 fully saturated rings. The number of ether oxygens (including phenoxy) is 7. The molecule has 0 radical (unpaired) electrons. The maximum Gasteiger partial charge on any atom is 0.509 e. The highest BCUT2D eigenvalue weighted by Crippen LogP contribution is 2.06. The second-order valence-corrected chi connectivity index (χ2v) is 7.57. The van der Waals surface area contributed by atoms with Crippen LogP contribution in [0.1, 0.15) is 48.0 Å². The highest BCUT2D eigenvalue weighted by Gasteiger charge is 2.29. The minimum Gasteiger partial charge on any atom is -0.463 e. The molecule has 0 aliphatic rings. The van der Waals surface area contributed by atoms with Gasteiger partial charge in [-0.15, -0.1) is 0 Å². The Hall–Kier alpha value is -3.75. The molecule has 0 aromatic carbocycles. The smallest absolute Gasteiger partial charge is 0.463 e. The van der Waals surface area contributed by atoms with Gasteiger partial charge >= 0.3 is 36.0 Å². The predicted octanol–water partition coefficient (Wildman–Crippen LogP) is -0.232. The number of aliphatic hydroxyl groups is 1. The van der Waals surface area contributed by atoms with E-state index in [0.29, 0.717) is 6.29 Å². The van der Waals surface area contributed by atoms with Crippen LogP contribution in [-0.2, 0) is 61.9 Å². The summed E-state index contributed by atoms with van der Waals surface area (Å²) in [5.41, 5.74) is 0. The number of rotatable bonds is 15. The van der Waals surface area contributed by atoms with Crippen molar-refractivity contribution < 1.29 is 71.8 Å². The molecule has 0 saturated heterocycles. The summed E-state index contributed by atoms with van der Waals surface area (Å²) in [5, 5.41) is 9.03. The molecule has 0 aliphatic heterocycles. The zero-order valence-corrected chi connectivity index (χ0v) is 21.3. The minimum atomic E-state index is -1.47. The van der Waals surface area contributed by atoms with Gasteiger partial charge in [-0.3, -0.25) is 4.79 Å². The average Bonchev–Trinajstić information content (AvgIpc) is 2.82. The van der Waals surface area contributed by atoms with E-state index in [0.717, 1.165) is 13.8 Å². The molecule has 0 heterocycles. The summed E-state index contributed by atoms with van der Waals surface area (Å²) in [4.78, 5) is 80.8. The fraction of sp³-hybridized carbons (Fsp3) is 0.682. The molecular weight excluding hydrogens is 504 g/mol. The van der Waals surface area contributed by atoms with E-state index in [1.54, 1.807) is 0 Å². The van der Waals surface area contributed by atoms with Crippen LogP contribution in [0.2, 0.25) is 0 Å². The van der Waals surface area contributed by atoms with Crippen LogP contribution in [0.4, 0.5) is 4.79 Å². The first-order valence-electron chi connectivity index (χ1n) is 11.1. The molecule has 6 unspecified atom stereocenters. The largest absolute Gasteiger partial charge is 0.509 e. The summed E-state index contributed by atoms with van der Waals surface area (Å²) in [6.45, 7) is 6.80. The average molecular weight is 536 g/mol. The lowest BCUT2D eigenvalue weighted by Gasteiger charge is -2.18. The lowest BCUT2D eigenvalue weighted by atomic mass is 10.3. The van der Waals surface area contributed by atoms with Crippen molar-refractivity contribution in [3.63, 3.8) is 0 Å². The number of carbonyl (C=O) groups is 7. The molecule has 37 heavy (non-hydrogen) atoms. The van der Waals surface area contributed by atoms with Gasteiger partial charge in [0, 0.05) is 6.42 Å². The van der Waals surface area contributed by atoms with E-state index in [1.165, 1.54) is 27.7 Å². The van der Waals surface area contributed by atoms with E-state index in [1.807, 2.05) is 0 Å². The number of hydrogen-bond donors (Lipinski definition) is 1. The molecule has 0 saturated carbocycles. The molecule has 0 amide bonds. The SMILES string of the molecule is CC(C=O)OC(=O)C(C)OC(=O)C(C)OC(=O)C(C)OC(=O)OCCCOC(=O)C(C)OC(=O)C(C)O. The van der Waals surface area contributed by atoms with Crippen LogP contribution in [-0.4, -0.2) is 97.2 Å². The van der Waals surface area contributed by atoms with Crippen molar-refractivity contribution in [2.75, 3.05) is 13.2 Å². The van der Waals surface area contributed by atoms with Crippen LogP contribution in [0, 0.1) is 0 Å². The van der Waals surface area contributed by atoms with Gasteiger partial charge in [0.05, 0.1) is 13.2 Å². The first-order valence-corrected chi connectivity index (χ1v) is 11.1. The third-order valence-electron chi connectivity index (χ3n) is 4.07. The topological polar surface area (TPSA) is 204 Å².